The van der Waals surface area contributed by atoms with Crippen molar-refractivity contribution in [3.05, 3.63) is 57.7 Å². The molecule has 2 aromatic heterocycles. The third kappa shape index (κ3) is 3.24. The molecule has 0 aliphatic heterocycles. The van der Waals surface area contributed by atoms with Gasteiger partial charge in [-0.25, -0.2) is 0 Å². The molecule has 0 radical (unpaired) electrons. The molecule has 1 amide bonds. The molecule has 1 aliphatic carbocycles. The summed E-state index contributed by atoms with van der Waals surface area (Å²) < 4.78 is 0.657. The molecule has 1 N–H and O–H groups in total. The van der Waals surface area contributed by atoms with Gasteiger partial charge in [-0.1, -0.05) is 18.9 Å². The summed E-state index contributed by atoms with van der Waals surface area (Å²) in [6.07, 6.45) is 7.46. The number of carbonyl (C=O) groups is 1. The Balaban J connectivity index is 1.79. The zero-order valence-electron chi connectivity index (χ0n) is 11.7. The van der Waals surface area contributed by atoms with Gasteiger partial charge < -0.3 is 10.5 Å². The molecule has 1 unspecified atom stereocenters. The average molecular weight is 302 g/mol. The number of hydrogen-bond donors (Lipinski definition) is 1. The minimum Gasteiger partial charge on any atom is -0.619 e. The highest BCUT2D eigenvalue weighted by Gasteiger charge is 2.29. The number of amides is 1. The Morgan fingerprint density at radius 3 is 2.81 bits per heavy atom. The molecule has 21 heavy (non-hydrogen) atoms. The number of nitrogens with zero attached hydrogens (tertiary/aromatic N) is 1. The van der Waals surface area contributed by atoms with E-state index in [1.807, 2.05) is 11.4 Å². The Morgan fingerprint density at radius 2 is 2.14 bits per heavy atom. The van der Waals surface area contributed by atoms with Crippen LogP contribution in [-0.2, 0) is 0 Å². The van der Waals surface area contributed by atoms with E-state index >= 15 is 0 Å². The summed E-state index contributed by atoms with van der Waals surface area (Å²) in [6, 6.07) is 7.41. The second-order valence-corrected chi connectivity index (χ2v) is 6.44. The van der Waals surface area contributed by atoms with Crippen LogP contribution in [0.3, 0.4) is 0 Å². The summed E-state index contributed by atoms with van der Waals surface area (Å²) in [5.41, 5.74) is 0.409. The molecular weight excluding hydrogens is 284 g/mol. The molecule has 1 aliphatic rings. The summed E-state index contributed by atoms with van der Waals surface area (Å²) in [5, 5.41) is 16.5. The smallest absolute Gasteiger partial charge is 0.257 e. The van der Waals surface area contributed by atoms with Crippen LogP contribution in [0.2, 0.25) is 0 Å². The Labute approximate surface area is 128 Å². The Hall–Kier alpha value is -1.88. The number of nitrogens with one attached hydrogen (secondary N) is 1. The summed E-state index contributed by atoms with van der Waals surface area (Å²) >= 11 is 1.68. The minimum absolute atomic E-state index is 0.0558. The molecule has 5 heteroatoms. The van der Waals surface area contributed by atoms with Gasteiger partial charge in [0.25, 0.3) is 5.91 Å². The van der Waals surface area contributed by atoms with Crippen molar-refractivity contribution in [3.8, 4) is 0 Å². The SMILES string of the molecule is O=C(NC(c1cccs1)C1CCCC1)c1ccc[n+]([O-])c1. The number of carbonyl (C=O) groups excluding carboxylic acids is 1. The Kier molecular flexibility index (Phi) is 4.20. The van der Waals surface area contributed by atoms with Crippen LogP contribution in [0.4, 0.5) is 0 Å². The highest BCUT2D eigenvalue weighted by atomic mass is 32.1. The molecule has 1 fully saturated rings. The van der Waals surface area contributed by atoms with Crippen molar-refractivity contribution in [2.45, 2.75) is 31.7 Å². The maximum absolute atomic E-state index is 12.4. The van der Waals surface area contributed by atoms with Crippen molar-refractivity contribution in [3.63, 3.8) is 0 Å². The van der Waals surface area contributed by atoms with Gasteiger partial charge in [-0.3, -0.25) is 4.79 Å². The van der Waals surface area contributed by atoms with Crippen LogP contribution in [0.5, 0.6) is 0 Å². The van der Waals surface area contributed by atoms with E-state index in [2.05, 4.69) is 11.4 Å². The standard InChI is InChI=1S/C16H18N2O2S/c19-16(13-7-3-9-18(20)11-13)17-15(12-5-1-2-6-12)14-8-4-10-21-14/h3-4,7-12,15H,1-2,5-6H2,(H,17,19). The van der Waals surface area contributed by atoms with Crippen molar-refractivity contribution in [1.82, 2.24) is 5.32 Å². The van der Waals surface area contributed by atoms with Gasteiger partial charge in [0.2, 0.25) is 0 Å². The summed E-state index contributed by atoms with van der Waals surface area (Å²) in [4.78, 5) is 13.6. The molecule has 0 aromatic carbocycles. The van der Waals surface area contributed by atoms with E-state index in [1.165, 1.54) is 30.1 Å². The van der Waals surface area contributed by atoms with E-state index in [0.717, 1.165) is 12.8 Å². The largest absolute Gasteiger partial charge is 0.619 e. The molecule has 2 heterocycles. The highest BCUT2D eigenvalue weighted by molar-refractivity contribution is 7.10. The van der Waals surface area contributed by atoms with Gasteiger partial charge in [-0.2, -0.15) is 4.73 Å². The quantitative estimate of drug-likeness (QED) is 0.697. The fourth-order valence-corrected chi connectivity index (χ4v) is 3.86. The molecule has 0 spiro atoms. The fraction of sp³-hybridized carbons (Fsp3) is 0.375. The molecule has 1 atom stereocenters. The zero-order valence-corrected chi connectivity index (χ0v) is 12.5. The number of hydrogen-bond acceptors (Lipinski definition) is 3. The second kappa shape index (κ2) is 6.26. The molecule has 2 aromatic rings. The molecule has 0 saturated heterocycles. The summed E-state index contributed by atoms with van der Waals surface area (Å²) in [5.74, 6) is 0.321. The monoisotopic (exact) mass is 302 g/mol. The topological polar surface area (TPSA) is 56.0 Å². The maximum Gasteiger partial charge on any atom is 0.257 e. The van der Waals surface area contributed by atoms with Gasteiger partial charge in [-0.05, 0) is 36.3 Å². The first kappa shape index (κ1) is 14.1. The van der Waals surface area contributed by atoms with Gasteiger partial charge in [0.15, 0.2) is 12.4 Å². The molecular formula is C16H18N2O2S. The fourth-order valence-electron chi connectivity index (χ4n) is 2.99. The van der Waals surface area contributed by atoms with E-state index < -0.39 is 0 Å². The van der Waals surface area contributed by atoms with E-state index in [-0.39, 0.29) is 11.9 Å². The molecule has 3 rings (SSSR count). The van der Waals surface area contributed by atoms with Crippen molar-refractivity contribution in [1.29, 1.82) is 0 Å². The van der Waals surface area contributed by atoms with E-state index in [4.69, 9.17) is 0 Å². The van der Waals surface area contributed by atoms with Crippen molar-refractivity contribution in [2.24, 2.45) is 5.92 Å². The first-order chi connectivity index (χ1) is 10.2. The third-order valence-electron chi connectivity index (χ3n) is 4.04. The van der Waals surface area contributed by atoms with Gasteiger partial charge in [0.1, 0.15) is 5.56 Å². The molecule has 0 bridgehead atoms. The normalized spacial score (nSPS) is 16.8. The summed E-state index contributed by atoms with van der Waals surface area (Å²) in [7, 11) is 0. The maximum atomic E-state index is 12.4. The molecule has 110 valence electrons. The van der Waals surface area contributed by atoms with Gasteiger partial charge >= 0.3 is 0 Å². The Bertz CT molecular complexity index is 606. The predicted molar refractivity (Wildman–Crippen MR) is 81.9 cm³/mol. The van der Waals surface area contributed by atoms with E-state index in [9.17, 15) is 10.0 Å². The molecule has 1 saturated carbocycles. The first-order valence-corrected chi connectivity index (χ1v) is 8.15. The van der Waals surface area contributed by atoms with Crippen LogP contribution in [0.1, 0.15) is 47.0 Å². The van der Waals surface area contributed by atoms with Crippen molar-refractivity contribution in [2.75, 3.05) is 0 Å². The lowest BCUT2D eigenvalue weighted by atomic mass is 9.96. The minimum atomic E-state index is -0.175. The number of thiophene rings is 1. The van der Waals surface area contributed by atoms with E-state index in [1.54, 1.807) is 23.5 Å². The van der Waals surface area contributed by atoms with Crippen molar-refractivity contribution < 1.29 is 9.52 Å². The van der Waals surface area contributed by atoms with Gasteiger partial charge in [0, 0.05) is 10.9 Å². The van der Waals surface area contributed by atoms with Crippen LogP contribution in [0.25, 0.3) is 0 Å². The lowest BCUT2D eigenvalue weighted by Gasteiger charge is -2.23. The van der Waals surface area contributed by atoms with Crippen LogP contribution in [0.15, 0.2) is 42.0 Å². The van der Waals surface area contributed by atoms with E-state index in [0.29, 0.717) is 16.2 Å². The average Bonchev–Trinajstić information content (AvgIpc) is 3.18. The third-order valence-corrected chi connectivity index (χ3v) is 5.00. The Morgan fingerprint density at radius 1 is 1.33 bits per heavy atom. The number of pyridine rings is 1. The van der Waals surface area contributed by atoms with Crippen LogP contribution >= 0.6 is 11.3 Å². The molecule has 4 nitrogen and oxygen atoms in total. The predicted octanol–water partition coefficient (Wildman–Crippen LogP) is 3.04. The lowest BCUT2D eigenvalue weighted by Crippen LogP contribution is -2.34. The highest BCUT2D eigenvalue weighted by Crippen LogP contribution is 2.37. The zero-order chi connectivity index (χ0) is 14.7. The summed E-state index contributed by atoms with van der Waals surface area (Å²) in [6.45, 7) is 0. The first-order valence-electron chi connectivity index (χ1n) is 7.27. The second-order valence-electron chi connectivity index (χ2n) is 5.46. The van der Waals surface area contributed by atoms with Gasteiger partial charge in [-0.15, -0.1) is 11.3 Å². The van der Waals surface area contributed by atoms with Gasteiger partial charge in [0.05, 0.1) is 6.04 Å². The number of aromatic nitrogens is 1. The van der Waals surface area contributed by atoms with Crippen LogP contribution in [0, 0.1) is 11.1 Å². The van der Waals surface area contributed by atoms with Crippen molar-refractivity contribution >= 4 is 17.2 Å². The lowest BCUT2D eigenvalue weighted by molar-refractivity contribution is -0.605. The number of rotatable bonds is 4. The van der Waals surface area contributed by atoms with Crippen LogP contribution in [-0.4, -0.2) is 5.91 Å². The van der Waals surface area contributed by atoms with Crippen LogP contribution < -0.4 is 10.0 Å².